The largest absolute Gasteiger partial charge is 0.544 e. The molecule has 0 rings (SSSR count). The molecule has 0 aliphatic carbocycles. The number of nitrogens with zero attached hydrogens (tertiary/aromatic N) is 1. The molecule has 0 amide bonds. The summed E-state index contributed by atoms with van der Waals surface area (Å²) in [5, 5.41) is 11.5. The second-order valence-corrected chi connectivity index (χ2v) is 12.0. The number of carbonyl (C=O) groups excluding carboxylic acids is 3. The van der Waals surface area contributed by atoms with E-state index in [4.69, 9.17) is 14.2 Å². The number of esters is 2. The summed E-state index contributed by atoms with van der Waals surface area (Å²) in [6.45, 7) is 4.36. The number of quaternary nitrogens is 1. The van der Waals surface area contributed by atoms with E-state index in [0.717, 1.165) is 57.8 Å². The Morgan fingerprint density at radius 3 is 1.88 bits per heavy atom. The molecule has 0 heterocycles. The summed E-state index contributed by atoms with van der Waals surface area (Å²) in [6.07, 6.45) is 24.4. The zero-order valence-corrected chi connectivity index (χ0v) is 27.4. The van der Waals surface area contributed by atoms with E-state index < -0.39 is 18.1 Å². The third-order valence-electron chi connectivity index (χ3n) is 7.09. The predicted molar refractivity (Wildman–Crippen MR) is 167 cm³/mol. The minimum Gasteiger partial charge on any atom is -0.544 e. The number of rotatable bonds is 28. The van der Waals surface area contributed by atoms with Gasteiger partial charge < -0.3 is 28.6 Å². The lowest BCUT2D eigenvalue weighted by molar-refractivity contribution is -0.889. The van der Waals surface area contributed by atoms with Crippen LogP contribution in [-0.4, -0.2) is 75.5 Å². The Kier molecular flexibility index (Phi) is 25.1. The van der Waals surface area contributed by atoms with Crippen LogP contribution in [0, 0.1) is 0 Å². The van der Waals surface area contributed by atoms with Crippen LogP contribution < -0.4 is 5.11 Å². The van der Waals surface area contributed by atoms with Gasteiger partial charge in [0, 0.05) is 19.3 Å². The second-order valence-electron chi connectivity index (χ2n) is 12.0. The number of likely N-dealkylation sites (N-methyl/N-ethyl adjacent to an activating group) is 1. The molecular formula is C34H61NO7. The Hall–Kier alpha value is -2.19. The first-order chi connectivity index (χ1) is 20.1. The molecule has 0 N–H and O–H groups in total. The van der Waals surface area contributed by atoms with Gasteiger partial charge in [0.1, 0.15) is 12.6 Å². The number of ether oxygens (including phenoxy) is 3. The molecule has 0 aliphatic heterocycles. The van der Waals surface area contributed by atoms with Gasteiger partial charge in [-0.05, 0) is 44.9 Å². The van der Waals surface area contributed by atoms with E-state index in [1.165, 1.54) is 32.1 Å². The van der Waals surface area contributed by atoms with Crippen LogP contribution in [-0.2, 0) is 28.6 Å². The van der Waals surface area contributed by atoms with Crippen molar-refractivity contribution >= 4 is 17.9 Å². The molecule has 2 unspecified atom stereocenters. The number of carboxylic acid groups (broad SMARTS) is 1. The molecule has 2 atom stereocenters. The fourth-order valence-electron chi connectivity index (χ4n) is 4.43. The molecule has 0 aromatic heterocycles. The molecule has 0 bridgehead atoms. The fraction of sp³-hybridized carbons (Fsp3) is 0.794. The van der Waals surface area contributed by atoms with Gasteiger partial charge in [-0.1, -0.05) is 83.1 Å². The third-order valence-corrected chi connectivity index (χ3v) is 7.09. The second kappa shape index (κ2) is 26.4. The monoisotopic (exact) mass is 595 g/mol. The average Bonchev–Trinajstić information content (AvgIpc) is 2.93. The van der Waals surface area contributed by atoms with Gasteiger partial charge in [0.25, 0.3) is 0 Å². The van der Waals surface area contributed by atoms with Crippen LogP contribution in [0.15, 0.2) is 24.3 Å². The Balaban J connectivity index is 4.26. The highest BCUT2D eigenvalue weighted by Gasteiger charge is 2.25. The molecule has 0 aromatic carbocycles. The average molecular weight is 596 g/mol. The van der Waals surface area contributed by atoms with Crippen molar-refractivity contribution in [2.75, 3.05) is 41.0 Å². The number of hydrogen-bond donors (Lipinski definition) is 0. The molecular weight excluding hydrogens is 534 g/mol. The van der Waals surface area contributed by atoms with Gasteiger partial charge in [0.05, 0.1) is 40.3 Å². The van der Waals surface area contributed by atoms with Gasteiger partial charge in [0.2, 0.25) is 0 Å². The first-order valence-corrected chi connectivity index (χ1v) is 16.4. The SMILES string of the molecule is CCCCCC/C=C\C/C=C\CCCCCCCC(=O)OC(COCCC(C(=O)[O-])[N+](C)(C)C)COC(=O)CCCC. The standard InChI is InChI=1S/C34H61NO7/c1-6-8-10-11-12-13-14-15-16-17-18-19-20-21-22-23-25-33(37)42-30(29-41-32(36)24-9-7-2)28-40-27-26-31(34(38)39)35(3,4)5/h13-14,16-17,30-31H,6-12,15,18-29H2,1-5H3/b14-13-,17-16-. The van der Waals surface area contributed by atoms with Crippen LogP contribution in [0.1, 0.15) is 123 Å². The maximum atomic E-state index is 12.5. The molecule has 0 saturated heterocycles. The molecule has 0 saturated carbocycles. The molecule has 42 heavy (non-hydrogen) atoms. The van der Waals surface area contributed by atoms with Gasteiger partial charge in [-0.25, -0.2) is 0 Å². The van der Waals surface area contributed by atoms with E-state index in [1.54, 1.807) is 21.1 Å². The molecule has 0 spiro atoms. The fourth-order valence-corrected chi connectivity index (χ4v) is 4.43. The number of hydrogen-bond acceptors (Lipinski definition) is 7. The first kappa shape index (κ1) is 39.8. The van der Waals surface area contributed by atoms with E-state index >= 15 is 0 Å². The van der Waals surface area contributed by atoms with Crippen LogP contribution >= 0.6 is 0 Å². The number of carboxylic acids is 1. The van der Waals surface area contributed by atoms with Crippen molar-refractivity contribution in [3.8, 4) is 0 Å². The summed E-state index contributed by atoms with van der Waals surface area (Å²) in [6, 6.07) is -0.721. The number of aliphatic carboxylic acids is 1. The normalized spacial score (nSPS) is 13.5. The van der Waals surface area contributed by atoms with Crippen molar-refractivity contribution in [1.82, 2.24) is 0 Å². The van der Waals surface area contributed by atoms with Gasteiger partial charge in [-0.2, -0.15) is 0 Å². The van der Waals surface area contributed by atoms with Crippen molar-refractivity contribution in [3.05, 3.63) is 24.3 Å². The van der Waals surface area contributed by atoms with Crippen LogP contribution in [0.3, 0.4) is 0 Å². The van der Waals surface area contributed by atoms with E-state index in [0.29, 0.717) is 12.8 Å². The number of allylic oxidation sites excluding steroid dienone is 4. The molecule has 8 nitrogen and oxygen atoms in total. The van der Waals surface area contributed by atoms with E-state index in [-0.39, 0.29) is 42.7 Å². The Morgan fingerprint density at radius 1 is 0.714 bits per heavy atom. The molecule has 0 radical (unpaired) electrons. The third kappa shape index (κ3) is 24.4. The quantitative estimate of drug-likeness (QED) is 0.0468. The van der Waals surface area contributed by atoms with E-state index in [2.05, 4.69) is 31.2 Å². The maximum Gasteiger partial charge on any atom is 0.306 e. The minimum absolute atomic E-state index is 0.0337. The summed E-state index contributed by atoms with van der Waals surface area (Å²) >= 11 is 0. The molecule has 8 heteroatoms. The van der Waals surface area contributed by atoms with Crippen molar-refractivity contribution in [2.24, 2.45) is 0 Å². The van der Waals surface area contributed by atoms with Gasteiger partial charge in [0.15, 0.2) is 6.10 Å². The highest BCUT2D eigenvalue weighted by atomic mass is 16.6. The Bertz CT molecular complexity index is 757. The number of unbranched alkanes of at least 4 members (excludes halogenated alkanes) is 10. The number of carbonyl (C=O) groups is 3. The van der Waals surface area contributed by atoms with Crippen molar-refractivity contribution < 1.29 is 38.2 Å². The Labute approximate surface area is 256 Å². The highest BCUT2D eigenvalue weighted by Crippen LogP contribution is 2.11. The van der Waals surface area contributed by atoms with Crippen molar-refractivity contribution in [1.29, 1.82) is 0 Å². The highest BCUT2D eigenvalue weighted by molar-refractivity contribution is 5.70. The van der Waals surface area contributed by atoms with Gasteiger partial charge in [-0.15, -0.1) is 0 Å². The molecule has 0 aliphatic rings. The summed E-state index contributed by atoms with van der Waals surface area (Å²) in [4.78, 5) is 35.9. The smallest absolute Gasteiger partial charge is 0.306 e. The van der Waals surface area contributed by atoms with Crippen LogP contribution in [0.2, 0.25) is 0 Å². The summed E-state index contributed by atoms with van der Waals surface area (Å²) in [5.74, 6) is -1.80. The van der Waals surface area contributed by atoms with Crippen molar-refractivity contribution in [2.45, 2.75) is 135 Å². The molecule has 0 fully saturated rings. The lowest BCUT2D eigenvalue weighted by Gasteiger charge is -2.34. The van der Waals surface area contributed by atoms with Gasteiger partial charge >= 0.3 is 11.9 Å². The molecule has 244 valence electrons. The Morgan fingerprint density at radius 2 is 1.29 bits per heavy atom. The topological polar surface area (TPSA) is 102 Å². The predicted octanol–water partition coefficient (Wildman–Crippen LogP) is 6.07. The zero-order valence-electron chi connectivity index (χ0n) is 27.4. The van der Waals surface area contributed by atoms with E-state index in [1.807, 2.05) is 6.92 Å². The summed E-state index contributed by atoms with van der Waals surface area (Å²) < 4.78 is 16.7. The van der Waals surface area contributed by atoms with Crippen LogP contribution in [0.4, 0.5) is 0 Å². The van der Waals surface area contributed by atoms with Crippen LogP contribution in [0.5, 0.6) is 0 Å². The summed E-state index contributed by atoms with van der Waals surface area (Å²) in [7, 11) is 5.36. The minimum atomic E-state index is -1.13. The first-order valence-electron chi connectivity index (χ1n) is 16.4. The lowest BCUT2D eigenvalue weighted by atomic mass is 10.1. The summed E-state index contributed by atoms with van der Waals surface area (Å²) in [5.41, 5.74) is 0. The van der Waals surface area contributed by atoms with Crippen LogP contribution in [0.25, 0.3) is 0 Å². The van der Waals surface area contributed by atoms with Gasteiger partial charge in [-0.3, -0.25) is 9.59 Å². The van der Waals surface area contributed by atoms with E-state index in [9.17, 15) is 19.5 Å². The lowest BCUT2D eigenvalue weighted by Crippen LogP contribution is -2.55. The maximum absolute atomic E-state index is 12.5. The molecule has 0 aromatic rings. The zero-order chi connectivity index (χ0) is 31.5. The van der Waals surface area contributed by atoms with Crippen molar-refractivity contribution in [3.63, 3.8) is 0 Å².